The number of nitrogens with one attached hydrogen (secondary N) is 1. The van der Waals surface area contributed by atoms with Gasteiger partial charge in [0.1, 0.15) is 5.60 Å². The maximum atomic E-state index is 12.6. The first-order valence-electron chi connectivity index (χ1n) is 7.37. The van der Waals surface area contributed by atoms with E-state index in [1.54, 1.807) is 0 Å². The molecule has 1 amide bonds. The van der Waals surface area contributed by atoms with Gasteiger partial charge in [0.15, 0.2) is 0 Å². The number of anilines is 1. The molecule has 1 heterocycles. The van der Waals surface area contributed by atoms with Gasteiger partial charge in [-0.1, -0.05) is 28.4 Å². The third-order valence-corrected chi connectivity index (χ3v) is 4.92. The van der Waals surface area contributed by atoms with Crippen molar-refractivity contribution in [2.45, 2.75) is 44.1 Å². The van der Waals surface area contributed by atoms with Gasteiger partial charge in [0, 0.05) is 10.2 Å². The molecule has 1 saturated heterocycles. The van der Waals surface area contributed by atoms with E-state index in [0.717, 1.165) is 42.3 Å². The van der Waals surface area contributed by atoms with E-state index in [9.17, 15) is 9.59 Å². The van der Waals surface area contributed by atoms with Gasteiger partial charge in [-0.15, -0.1) is 0 Å². The number of ether oxygens (including phenoxy) is 1. The number of carbonyl (C=O) groups excluding carboxylic acids is 2. The fourth-order valence-corrected chi connectivity index (χ4v) is 3.82. The average Bonchev–Trinajstić information content (AvgIpc) is 2.76. The lowest BCUT2D eigenvalue weighted by molar-refractivity contribution is -0.153. The predicted octanol–water partition coefficient (Wildman–Crippen LogP) is 3.65. The molecule has 1 aliphatic carbocycles. The largest absolute Gasteiger partial charge is 0.458 e. The molecule has 1 atom stereocenters. The minimum absolute atomic E-state index is 0.110. The van der Waals surface area contributed by atoms with E-state index in [4.69, 9.17) is 4.74 Å². The second-order valence-corrected chi connectivity index (χ2v) is 6.77. The normalized spacial score (nSPS) is 23.9. The van der Waals surface area contributed by atoms with Crippen molar-refractivity contribution in [3.8, 4) is 0 Å². The number of halogens is 1. The van der Waals surface area contributed by atoms with Crippen LogP contribution in [0.3, 0.4) is 0 Å². The van der Waals surface area contributed by atoms with Crippen LogP contribution < -0.4 is 5.32 Å². The topological polar surface area (TPSA) is 55.4 Å². The maximum Gasteiger partial charge on any atom is 0.307 e. The lowest BCUT2D eigenvalue weighted by Crippen LogP contribution is -2.43. The summed E-state index contributed by atoms with van der Waals surface area (Å²) < 4.78 is 6.48. The predicted molar refractivity (Wildman–Crippen MR) is 82.8 cm³/mol. The maximum absolute atomic E-state index is 12.6. The first-order chi connectivity index (χ1) is 10.1. The van der Waals surface area contributed by atoms with Crippen molar-refractivity contribution in [3.05, 3.63) is 28.7 Å². The van der Waals surface area contributed by atoms with Crippen LogP contribution in [0.25, 0.3) is 0 Å². The van der Waals surface area contributed by atoms with Gasteiger partial charge in [0.05, 0.1) is 12.3 Å². The summed E-state index contributed by atoms with van der Waals surface area (Å²) in [5.41, 5.74) is 0.172. The minimum atomic E-state index is -0.564. The van der Waals surface area contributed by atoms with Gasteiger partial charge in [0.25, 0.3) is 0 Å². The number of benzene rings is 1. The summed E-state index contributed by atoms with van der Waals surface area (Å²) in [6, 6.07) is 7.46. The highest BCUT2D eigenvalue weighted by Crippen LogP contribution is 2.44. The molecule has 0 radical (unpaired) electrons. The van der Waals surface area contributed by atoms with Crippen LogP contribution in [0.5, 0.6) is 0 Å². The number of esters is 1. The second-order valence-electron chi connectivity index (χ2n) is 5.86. The number of rotatable bonds is 2. The van der Waals surface area contributed by atoms with Crippen LogP contribution in [-0.4, -0.2) is 17.5 Å². The van der Waals surface area contributed by atoms with E-state index in [-0.39, 0.29) is 24.2 Å². The van der Waals surface area contributed by atoms with Gasteiger partial charge in [-0.05, 0) is 43.9 Å². The van der Waals surface area contributed by atoms with Crippen molar-refractivity contribution in [2.24, 2.45) is 5.92 Å². The smallest absolute Gasteiger partial charge is 0.307 e. The molecule has 0 bridgehead atoms. The molecule has 1 aliphatic heterocycles. The van der Waals surface area contributed by atoms with Gasteiger partial charge < -0.3 is 10.1 Å². The molecule has 0 aromatic heterocycles. The molecule has 3 rings (SSSR count). The number of amides is 1. The quantitative estimate of drug-likeness (QED) is 0.827. The molecular weight excluding hydrogens is 334 g/mol. The van der Waals surface area contributed by atoms with E-state index in [0.29, 0.717) is 0 Å². The molecule has 1 saturated carbocycles. The van der Waals surface area contributed by atoms with Gasteiger partial charge in [0.2, 0.25) is 5.91 Å². The van der Waals surface area contributed by atoms with Gasteiger partial charge in [-0.3, -0.25) is 9.59 Å². The SMILES string of the molecule is O=C1C[C@H](C(=O)Nc2cccc(Br)c2)C2(CCCCC2)O1. The van der Waals surface area contributed by atoms with Crippen LogP contribution in [-0.2, 0) is 14.3 Å². The molecule has 1 spiro atoms. The van der Waals surface area contributed by atoms with E-state index in [1.165, 1.54) is 0 Å². The van der Waals surface area contributed by atoms with Crippen molar-refractivity contribution in [1.29, 1.82) is 0 Å². The first kappa shape index (κ1) is 14.6. The lowest BCUT2D eigenvalue weighted by Gasteiger charge is -2.36. The van der Waals surface area contributed by atoms with Crippen LogP contribution in [0, 0.1) is 5.92 Å². The molecule has 21 heavy (non-hydrogen) atoms. The Bertz CT molecular complexity index is 566. The van der Waals surface area contributed by atoms with Gasteiger partial charge >= 0.3 is 5.97 Å². The van der Waals surface area contributed by atoms with E-state index < -0.39 is 5.60 Å². The Morgan fingerprint density at radius 1 is 1.29 bits per heavy atom. The van der Waals surface area contributed by atoms with Crippen LogP contribution >= 0.6 is 15.9 Å². The third-order valence-electron chi connectivity index (χ3n) is 4.43. The Morgan fingerprint density at radius 2 is 2.05 bits per heavy atom. The van der Waals surface area contributed by atoms with Crippen LogP contribution in [0.15, 0.2) is 28.7 Å². The van der Waals surface area contributed by atoms with E-state index >= 15 is 0 Å². The minimum Gasteiger partial charge on any atom is -0.458 e. The second kappa shape index (κ2) is 5.79. The van der Waals surface area contributed by atoms with Gasteiger partial charge in [-0.25, -0.2) is 0 Å². The Labute approximate surface area is 132 Å². The fraction of sp³-hybridized carbons (Fsp3) is 0.500. The summed E-state index contributed by atoms with van der Waals surface area (Å²) in [6.45, 7) is 0. The summed E-state index contributed by atoms with van der Waals surface area (Å²) in [7, 11) is 0. The monoisotopic (exact) mass is 351 g/mol. The average molecular weight is 352 g/mol. The molecule has 1 aromatic carbocycles. The number of hydrogen-bond donors (Lipinski definition) is 1. The summed E-state index contributed by atoms with van der Waals surface area (Å²) in [5.74, 6) is -0.726. The zero-order valence-electron chi connectivity index (χ0n) is 11.7. The molecule has 1 aromatic rings. The molecular formula is C16H18BrNO3. The highest BCUT2D eigenvalue weighted by molar-refractivity contribution is 9.10. The summed E-state index contributed by atoms with van der Waals surface area (Å²) in [6.07, 6.45) is 4.99. The third kappa shape index (κ3) is 2.98. The van der Waals surface area contributed by atoms with Crippen LogP contribution in [0.1, 0.15) is 38.5 Å². The number of hydrogen-bond acceptors (Lipinski definition) is 3. The Balaban J connectivity index is 1.77. The molecule has 2 fully saturated rings. The summed E-state index contributed by atoms with van der Waals surface area (Å²) in [4.78, 5) is 24.3. The molecule has 0 unspecified atom stereocenters. The molecule has 1 N–H and O–H groups in total. The summed E-state index contributed by atoms with van der Waals surface area (Å²) >= 11 is 3.39. The Kier molecular flexibility index (Phi) is 4.02. The highest BCUT2D eigenvalue weighted by atomic mass is 79.9. The van der Waals surface area contributed by atoms with Crippen molar-refractivity contribution < 1.29 is 14.3 Å². The molecule has 4 nitrogen and oxygen atoms in total. The standard InChI is InChI=1S/C16H18BrNO3/c17-11-5-4-6-12(9-11)18-15(20)13-10-14(19)21-16(13)7-2-1-3-8-16/h4-6,9,13H,1-3,7-8,10H2,(H,18,20)/t13-/m1/s1. The Hall–Kier alpha value is -1.36. The molecule has 112 valence electrons. The highest BCUT2D eigenvalue weighted by Gasteiger charge is 2.52. The van der Waals surface area contributed by atoms with Crippen molar-refractivity contribution in [2.75, 3.05) is 5.32 Å². The Morgan fingerprint density at radius 3 is 2.76 bits per heavy atom. The van der Waals surface area contributed by atoms with E-state index in [2.05, 4.69) is 21.2 Å². The fourth-order valence-electron chi connectivity index (χ4n) is 3.42. The molecule has 5 heteroatoms. The number of carbonyl (C=O) groups is 2. The zero-order chi connectivity index (χ0) is 14.9. The zero-order valence-corrected chi connectivity index (χ0v) is 13.3. The van der Waals surface area contributed by atoms with Gasteiger partial charge in [-0.2, -0.15) is 0 Å². The first-order valence-corrected chi connectivity index (χ1v) is 8.17. The van der Waals surface area contributed by atoms with Crippen LogP contribution in [0.2, 0.25) is 0 Å². The van der Waals surface area contributed by atoms with E-state index in [1.807, 2.05) is 24.3 Å². The van der Waals surface area contributed by atoms with Crippen molar-refractivity contribution >= 4 is 33.5 Å². The lowest BCUT2D eigenvalue weighted by atomic mass is 9.75. The van der Waals surface area contributed by atoms with Crippen molar-refractivity contribution in [3.63, 3.8) is 0 Å². The van der Waals surface area contributed by atoms with Crippen LogP contribution in [0.4, 0.5) is 5.69 Å². The van der Waals surface area contributed by atoms with Crippen molar-refractivity contribution in [1.82, 2.24) is 0 Å². The molecule has 2 aliphatic rings. The summed E-state index contributed by atoms with van der Waals surface area (Å²) in [5, 5.41) is 2.92.